The van der Waals surface area contributed by atoms with E-state index in [1.165, 1.54) is 12.7 Å². The van der Waals surface area contributed by atoms with Crippen molar-refractivity contribution in [3.05, 3.63) is 12.0 Å². The lowest BCUT2D eigenvalue weighted by Gasteiger charge is -2.35. The molecule has 1 aliphatic heterocycles. The van der Waals surface area contributed by atoms with E-state index < -0.39 is 12.1 Å². The van der Waals surface area contributed by atoms with Gasteiger partial charge in [-0.15, -0.1) is 0 Å². The third-order valence-corrected chi connectivity index (χ3v) is 4.54. The standard InChI is InChI=1S/C16H25NO5/c1-10-5-4-6-13(11(10)2)17-15(18)12(3)22-16(19)14-9-20-7-8-21-14/h9-13H,4-8H2,1-3H3,(H,17,18)/t10-,11+,12+,13-/m0/s1. The van der Waals surface area contributed by atoms with Gasteiger partial charge in [0.15, 0.2) is 6.10 Å². The van der Waals surface area contributed by atoms with E-state index in [2.05, 4.69) is 19.2 Å². The zero-order valence-electron chi connectivity index (χ0n) is 13.5. The van der Waals surface area contributed by atoms with Crippen LogP contribution in [0.15, 0.2) is 12.0 Å². The number of hydrogen-bond donors (Lipinski definition) is 1. The first-order valence-corrected chi connectivity index (χ1v) is 7.95. The molecular formula is C16H25NO5. The highest BCUT2D eigenvalue weighted by Crippen LogP contribution is 2.29. The van der Waals surface area contributed by atoms with E-state index >= 15 is 0 Å². The van der Waals surface area contributed by atoms with Crippen molar-refractivity contribution in [2.24, 2.45) is 11.8 Å². The van der Waals surface area contributed by atoms with E-state index in [0.717, 1.165) is 12.8 Å². The quantitative estimate of drug-likeness (QED) is 0.801. The van der Waals surface area contributed by atoms with Crippen molar-refractivity contribution >= 4 is 11.9 Å². The van der Waals surface area contributed by atoms with Crippen LogP contribution in [0.3, 0.4) is 0 Å². The molecule has 1 saturated carbocycles. The summed E-state index contributed by atoms with van der Waals surface area (Å²) >= 11 is 0. The molecule has 2 rings (SSSR count). The van der Waals surface area contributed by atoms with Crippen LogP contribution in [-0.4, -0.2) is 37.2 Å². The molecule has 124 valence electrons. The summed E-state index contributed by atoms with van der Waals surface area (Å²) in [4.78, 5) is 24.0. The minimum Gasteiger partial charge on any atom is -0.493 e. The van der Waals surface area contributed by atoms with Crippen LogP contribution in [0.2, 0.25) is 0 Å². The van der Waals surface area contributed by atoms with Crippen molar-refractivity contribution < 1.29 is 23.8 Å². The van der Waals surface area contributed by atoms with Crippen LogP contribution < -0.4 is 5.32 Å². The highest BCUT2D eigenvalue weighted by atomic mass is 16.6. The molecule has 0 bridgehead atoms. The molecule has 1 aliphatic carbocycles. The van der Waals surface area contributed by atoms with Gasteiger partial charge in [-0.05, 0) is 25.2 Å². The number of carbonyl (C=O) groups is 2. The molecule has 0 aromatic heterocycles. The van der Waals surface area contributed by atoms with Gasteiger partial charge in [-0.2, -0.15) is 0 Å². The van der Waals surface area contributed by atoms with Gasteiger partial charge in [0.05, 0.1) is 0 Å². The first kappa shape index (κ1) is 16.6. The summed E-state index contributed by atoms with van der Waals surface area (Å²) in [6, 6.07) is 0.144. The fourth-order valence-corrected chi connectivity index (χ4v) is 2.83. The summed E-state index contributed by atoms with van der Waals surface area (Å²) in [6.45, 7) is 6.64. The summed E-state index contributed by atoms with van der Waals surface area (Å²) in [7, 11) is 0. The summed E-state index contributed by atoms with van der Waals surface area (Å²) in [5, 5.41) is 3.00. The van der Waals surface area contributed by atoms with Crippen LogP contribution in [0.4, 0.5) is 0 Å². The Balaban J connectivity index is 1.84. The van der Waals surface area contributed by atoms with Crippen molar-refractivity contribution in [1.29, 1.82) is 0 Å². The van der Waals surface area contributed by atoms with E-state index in [1.54, 1.807) is 6.92 Å². The molecule has 0 aromatic carbocycles. The molecule has 0 radical (unpaired) electrons. The molecule has 1 amide bonds. The molecule has 2 aliphatic rings. The fraction of sp³-hybridized carbons (Fsp3) is 0.750. The van der Waals surface area contributed by atoms with Crippen molar-refractivity contribution in [2.45, 2.75) is 52.2 Å². The molecule has 0 aromatic rings. The number of carbonyl (C=O) groups excluding carboxylic acids is 2. The van der Waals surface area contributed by atoms with Gasteiger partial charge in [-0.25, -0.2) is 4.79 Å². The zero-order valence-corrected chi connectivity index (χ0v) is 13.5. The van der Waals surface area contributed by atoms with Gasteiger partial charge in [0.2, 0.25) is 5.76 Å². The largest absolute Gasteiger partial charge is 0.493 e. The number of amides is 1. The van der Waals surface area contributed by atoms with Crippen molar-refractivity contribution in [1.82, 2.24) is 5.32 Å². The minimum absolute atomic E-state index is 0.00515. The van der Waals surface area contributed by atoms with E-state index in [1.807, 2.05) is 0 Å². The highest BCUT2D eigenvalue weighted by Gasteiger charge is 2.30. The van der Waals surface area contributed by atoms with Crippen LogP contribution in [-0.2, 0) is 23.8 Å². The maximum absolute atomic E-state index is 12.2. The molecule has 0 spiro atoms. The number of ether oxygens (including phenoxy) is 3. The first-order chi connectivity index (χ1) is 10.5. The number of rotatable bonds is 4. The third kappa shape index (κ3) is 4.15. The van der Waals surface area contributed by atoms with Crippen molar-refractivity contribution in [2.75, 3.05) is 13.2 Å². The van der Waals surface area contributed by atoms with Gasteiger partial charge in [0.1, 0.15) is 19.5 Å². The van der Waals surface area contributed by atoms with Gasteiger partial charge in [0.25, 0.3) is 5.91 Å². The molecule has 6 heteroatoms. The Kier molecular flexibility index (Phi) is 5.69. The predicted octanol–water partition coefficient (Wildman–Crippen LogP) is 1.75. The normalized spacial score (nSPS) is 29.4. The minimum atomic E-state index is -0.858. The predicted molar refractivity (Wildman–Crippen MR) is 79.7 cm³/mol. The van der Waals surface area contributed by atoms with Gasteiger partial charge >= 0.3 is 5.97 Å². The smallest absolute Gasteiger partial charge is 0.377 e. The molecular weight excluding hydrogens is 286 g/mol. The van der Waals surface area contributed by atoms with Crippen LogP contribution in [0.1, 0.15) is 40.0 Å². The van der Waals surface area contributed by atoms with Gasteiger partial charge in [-0.3, -0.25) is 4.79 Å². The van der Waals surface area contributed by atoms with E-state index in [-0.39, 0.29) is 17.7 Å². The second-order valence-corrected chi connectivity index (χ2v) is 6.13. The first-order valence-electron chi connectivity index (χ1n) is 7.95. The molecule has 6 nitrogen and oxygen atoms in total. The lowest BCUT2D eigenvalue weighted by Crippen LogP contribution is -2.47. The summed E-state index contributed by atoms with van der Waals surface area (Å²) in [5.41, 5.74) is 0. The molecule has 1 heterocycles. The van der Waals surface area contributed by atoms with Crippen LogP contribution in [0.5, 0.6) is 0 Å². The van der Waals surface area contributed by atoms with Gasteiger partial charge in [-0.1, -0.05) is 26.7 Å². The molecule has 0 saturated heterocycles. The molecule has 0 unspecified atom stereocenters. The lowest BCUT2D eigenvalue weighted by molar-refractivity contribution is -0.155. The number of hydrogen-bond acceptors (Lipinski definition) is 5. The maximum Gasteiger partial charge on any atom is 0.377 e. The monoisotopic (exact) mass is 311 g/mol. The SMILES string of the molecule is C[C@H]1[C@@H](NC(=O)[C@@H](C)OC(=O)C2=COCCO2)CCC[C@@H]1C. The molecule has 4 atom stereocenters. The maximum atomic E-state index is 12.2. The van der Waals surface area contributed by atoms with Gasteiger partial charge in [0, 0.05) is 6.04 Å². The summed E-state index contributed by atoms with van der Waals surface area (Å²) < 4.78 is 15.3. The van der Waals surface area contributed by atoms with Crippen LogP contribution >= 0.6 is 0 Å². The Bertz CT molecular complexity index is 448. The average molecular weight is 311 g/mol. The fourth-order valence-electron chi connectivity index (χ4n) is 2.83. The Hall–Kier alpha value is -1.72. The van der Waals surface area contributed by atoms with Crippen molar-refractivity contribution in [3.8, 4) is 0 Å². The Morgan fingerprint density at radius 2 is 2.09 bits per heavy atom. The summed E-state index contributed by atoms with van der Waals surface area (Å²) in [5.74, 6) is 0.0860. The van der Waals surface area contributed by atoms with Gasteiger partial charge < -0.3 is 19.5 Å². The number of nitrogens with one attached hydrogen (secondary N) is 1. The lowest BCUT2D eigenvalue weighted by atomic mass is 9.78. The van der Waals surface area contributed by atoms with Crippen molar-refractivity contribution in [3.63, 3.8) is 0 Å². The zero-order chi connectivity index (χ0) is 16.1. The Morgan fingerprint density at radius 1 is 1.32 bits per heavy atom. The summed E-state index contributed by atoms with van der Waals surface area (Å²) in [6.07, 6.45) is 3.65. The molecule has 22 heavy (non-hydrogen) atoms. The second-order valence-electron chi connectivity index (χ2n) is 6.13. The third-order valence-electron chi connectivity index (χ3n) is 4.54. The second kappa shape index (κ2) is 7.51. The Labute approximate surface area is 131 Å². The van der Waals surface area contributed by atoms with E-state index in [0.29, 0.717) is 25.0 Å². The number of esters is 1. The Morgan fingerprint density at radius 3 is 2.77 bits per heavy atom. The topological polar surface area (TPSA) is 73.9 Å². The molecule has 1 fully saturated rings. The van der Waals surface area contributed by atoms with E-state index in [4.69, 9.17) is 14.2 Å². The molecule has 1 N–H and O–H groups in total. The van der Waals surface area contributed by atoms with Crippen LogP contribution in [0.25, 0.3) is 0 Å². The van der Waals surface area contributed by atoms with E-state index in [9.17, 15) is 9.59 Å². The highest BCUT2D eigenvalue weighted by molar-refractivity contribution is 5.89. The average Bonchev–Trinajstić information content (AvgIpc) is 2.52. The van der Waals surface area contributed by atoms with Crippen LogP contribution in [0, 0.1) is 11.8 Å².